The van der Waals surface area contributed by atoms with E-state index in [1.54, 1.807) is 0 Å². The number of pyridine rings is 1. The summed E-state index contributed by atoms with van der Waals surface area (Å²) in [5.41, 5.74) is 2.20. The fourth-order valence-electron chi connectivity index (χ4n) is 1.61. The number of rotatable bonds is 7. The van der Waals surface area contributed by atoms with Gasteiger partial charge >= 0.3 is 0 Å². The molecule has 0 saturated heterocycles. The van der Waals surface area contributed by atoms with Crippen LogP contribution < -0.4 is 10.6 Å². The van der Waals surface area contributed by atoms with Gasteiger partial charge < -0.3 is 10.6 Å². The van der Waals surface area contributed by atoms with Gasteiger partial charge in [-0.1, -0.05) is 20.8 Å². The molecule has 0 aromatic carbocycles. The number of hydrogen-bond acceptors (Lipinski definition) is 3. The Morgan fingerprint density at radius 2 is 1.81 bits per heavy atom. The van der Waals surface area contributed by atoms with Crippen molar-refractivity contribution in [1.82, 2.24) is 4.98 Å². The highest BCUT2D eigenvalue weighted by molar-refractivity contribution is 5.54. The number of nitrogens with zero attached hydrogens (tertiary/aromatic N) is 1. The van der Waals surface area contributed by atoms with Crippen LogP contribution in [0.15, 0.2) is 18.5 Å². The van der Waals surface area contributed by atoms with E-state index < -0.39 is 0 Å². The first kappa shape index (κ1) is 12.8. The molecule has 0 atom stereocenters. The minimum Gasteiger partial charge on any atom is -0.384 e. The monoisotopic (exact) mass is 221 g/mol. The fraction of sp³-hybridized carbons (Fsp3) is 0.615. The summed E-state index contributed by atoms with van der Waals surface area (Å²) >= 11 is 0. The second-order valence-corrected chi connectivity index (χ2v) is 4.05. The molecule has 1 aromatic rings. The molecule has 0 bridgehead atoms. The average Bonchev–Trinajstić information content (AvgIpc) is 2.34. The van der Waals surface area contributed by atoms with Crippen LogP contribution in [0.1, 0.15) is 40.0 Å². The number of aromatic nitrogens is 1. The van der Waals surface area contributed by atoms with Crippen LogP contribution in [0.5, 0.6) is 0 Å². The van der Waals surface area contributed by atoms with Crippen molar-refractivity contribution in [3.8, 4) is 0 Å². The third-order valence-electron chi connectivity index (χ3n) is 2.67. The first-order valence-electron chi connectivity index (χ1n) is 6.25. The van der Waals surface area contributed by atoms with Gasteiger partial charge in [0.25, 0.3) is 0 Å². The molecule has 1 rings (SSSR count). The van der Waals surface area contributed by atoms with Gasteiger partial charge in [-0.2, -0.15) is 0 Å². The lowest BCUT2D eigenvalue weighted by Gasteiger charge is -2.16. The molecule has 0 saturated carbocycles. The highest BCUT2D eigenvalue weighted by Crippen LogP contribution is 2.15. The first-order valence-corrected chi connectivity index (χ1v) is 6.25. The second-order valence-electron chi connectivity index (χ2n) is 4.05. The Bertz CT molecular complexity index is 295. The van der Waals surface area contributed by atoms with E-state index >= 15 is 0 Å². The number of anilines is 2. The van der Waals surface area contributed by atoms with Gasteiger partial charge in [-0.15, -0.1) is 0 Å². The summed E-state index contributed by atoms with van der Waals surface area (Å²) in [4.78, 5) is 4.23. The summed E-state index contributed by atoms with van der Waals surface area (Å²) < 4.78 is 0. The third kappa shape index (κ3) is 4.09. The predicted octanol–water partition coefficient (Wildman–Crippen LogP) is 3.50. The van der Waals surface area contributed by atoms with Gasteiger partial charge in [0.05, 0.1) is 23.8 Å². The molecule has 2 N–H and O–H groups in total. The molecule has 0 radical (unpaired) electrons. The highest BCUT2D eigenvalue weighted by Gasteiger charge is 2.03. The topological polar surface area (TPSA) is 37.0 Å². The van der Waals surface area contributed by atoms with E-state index in [9.17, 15) is 0 Å². The van der Waals surface area contributed by atoms with Crippen molar-refractivity contribution >= 4 is 11.4 Å². The molecule has 3 heteroatoms. The zero-order chi connectivity index (χ0) is 11.8. The fourth-order valence-corrected chi connectivity index (χ4v) is 1.61. The lowest BCUT2D eigenvalue weighted by molar-refractivity contribution is 0.671. The van der Waals surface area contributed by atoms with Crippen molar-refractivity contribution < 1.29 is 0 Å². The molecule has 0 unspecified atom stereocenters. The van der Waals surface area contributed by atoms with E-state index in [-0.39, 0.29) is 0 Å². The van der Waals surface area contributed by atoms with Crippen molar-refractivity contribution in [1.29, 1.82) is 0 Å². The van der Waals surface area contributed by atoms with Crippen LogP contribution >= 0.6 is 0 Å². The largest absolute Gasteiger partial charge is 0.384 e. The molecular weight excluding hydrogens is 198 g/mol. The van der Waals surface area contributed by atoms with E-state index in [1.807, 2.05) is 12.4 Å². The van der Waals surface area contributed by atoms with E-state index in [2.05, 4.69) is 42.5 Å². The van der Waals surface area contributed by atoms with Crippen LogP contribution in [0.2, 0.25) is 0 Å². The molecule has 1 heterocycles. The zero-order valence-electron chi connectivity index (χ0n) is 10.6. The predicted molar refractivity (Wildman–Crippen MR) is 71.0 cm³/mol. The molecular formula is C13H23N3. The van der Waals surface area contributed by atoms with E-state index in [0.29, 0.717) is 6.04 Å². The highest BCUT2D eigenvalue weighted by atomic mass is 14.9. The molecule has 0 aliphatic carbocycles. The molecule has 90 valence electrons. The maximum atomic E-state index is 4.23. The third-order valence-corrected chi connectivity index (χ3v) is 2.67. The average molecular weight is 221 g/mol. The SMILES string of the molecule is CCCNc1cncc(NC(CC)CC)c1. The number of hydrogen-bond donors (Lipinski definition) is 2. The van der Waals surface area contributed by atoms with Crippen LogP contribution in [0.3, 0.4) is 0 Å². The summed E-state index contributed by atoms with van der Waals surface area (Å²) in [6.07, 6.45) is 7.17. The summed E-state index contributed by atoms with van der Waals surface area (Å²) in [5, 5.41) is 6.83. The van der Waals surface area contributed by atoms with Gasteiger partial charge in [0.1, 0.15) is 0 Å². The molecule has 1 aromatic heterocycles. The lowest BCUT2D eigenvalue weighted by Crippen LogP contribution is -2.17. The molecule has 16 heavy (non-hydrogen) atoms. The molecule has 0 aliphatic rings. The van der Waals surface area contributed by atoms with E-state index in [0.717, 1.165) is 37.2 Å². The molecule has 0 fully saturated rings. The van der Waals surface area contributed by atoms with Crippen molar-refractivity contribution in [2.45, 2.75) is 46.1 Å². The van der Waals surface area contributed by atoms with Gasteiger partial charge in [0.15, 0.2) is 0 Å². The van der Waals surface area contributed by atoms with Crippen molar-refractivity contribution in [3.05, 3.63) is 18.5 Å². The maximum absolute atomic E-state index is 4.23. The second kappa shape index (κ2) is 7.09. The van der Waals surface area contributed by atoms with Gasteiger partial charge in [0.2, 0.25) is 0 Å². The Labute approximate surface area is 98.7 Å². The minimum absolute atomic E-state index is 0.545. The van der Waals surface area contributed by atoms with Crippen LogP contribution in [-0.4, -0.2) is 17.6 Å². The Balaban J connectivity index is 2.59. The number of nitrogens with one attached hydrogen (secondary N) is 2. The van der Waals surface area contributed by atoms with E-state index in [4.69, 9.17) is 0 Å². The normalized spacial score (nSPS) is 10.5. The maximum Gasteiger partial charge on any atom is 0.0549 e. The van der Waals surface area contributed by atoms with E-state index in [1.165, 1.54) is 0 Å². The van der Waals surface area contributed by atoms with Crippen molar-refractivity contribution in [3.63, 3.8) is 0 Å². The smallest absolute Gasteiger partial charge is 0.0549 e. The summed E-state index contributed by atoms with van der Waals surface area (Å²) in [5.74, 6) is 0. The standard InChI is InChI=1S/C13H23N3/c1-4-7-15-12-8-13(10-14-9-12)16-11(5-2)6-3/h8-11,15-16H,4-7H2,1-3H3. The van der Waals surface area contributed by atoms with Crippen molar-refractivity contribution in [2.24, 2.45) is 0 Å². The molecule has 0 aliphatic heterocycles. The van der Waals surface area contributed by atoms with Gasteiger partial charge in [0, 0.05) is 12.6 Å². The molecule has 0 amide bonds. The Morgan fingerprint density at radius 1 is 1.12 bits per heavy atom. The summed E-state index contributed by atoms with van der Waals surface area (Å²) in [6.45, 7) is 7.56. The Kier molecular flexibility index (Phi) is 5.68. The lowest BCUT2D eigenvalue weighted by atomic mass is 10.1. The summed E-state index contributed by atoms with van der Waals surface area (Å²) in [7, 11) is 0. The quantitative estimate of drug-likeness (QED) is 0.740. The van der Waals surface area contributed by atoms with Gasteiger partial charge in [-0.05, 0) is 25.3 Å². The molecule has 0 spiro atoms. The van der Waals surface area contributed by atoms with Gasteiger partial charge in [-0.25, -0.2) is 0 Å². The minimum atomic E-state index is 0.545. The molecule has 3 nitrogen and oxygen atoms in total. The van der Waals surface area contributed by atoms with Crippen molar-refractivity contribution in [2.75, 3.05) is 17.2 Å². The Morgan fingerprint density at radius 3 is 2.44 bits per heavy atom. The zero-order valence-corrected chi connectivity index (χ0v) is 10.6. The van der Waals surface area contributed by atoms with Crippen LogP contribution in [-0.2, 0) is 0 Å². The Hall–Kier alpha value is -1.25. The van der Waals surface area contributed by atoms with Crippen LogP contribution in [0, 0.1) is 0 Å². The summed E-state index contributed by atoms with van der Waals surface area (Å²) in [6, 6.07) is 2.67. The van der Waals surface area contributed by atoms with Crippen LogP contribution in [0.4, 0.5) is 11.4 Å². The first-order chi connectivity index (χ1) is 7.80. The van der Waals surface area contributed by atoms with Crippen LogP contribution in [0.25, 0.3) is 0 Å². The van der Waals surface area contributed by atoms with Gasteiger partial charge in [-0.3, -0.25) is 4.98 Å².